The molecule has 2 aliphatic rings. The Morgan fingerprint density at radius 1 is 0.722 bits per heavy atom. The summed E-state index contributed by atoms with van der Waals surface area (Å²) in [6.07, 6.45) is 5.80. The molecule has 1 atom stereocenters. The van der Waals surface area contributed by atoms with E-state index in [0.717, 1.165) is 10.8 Å². The number of hydrogen-bond donors (Lipinski definition) is 0. The van der Waals surface area contributed by atoms with Crippen molar-refractivity contribution in [3.63, 3.8) is 0 Å². The molecule has 2 aliphatic carbocycles. The van der Waals surface area contributed by atoms with E-state index in [2.05, 4.69) is 24.3 Å². The summed E-state index contributed by atoms with van der Waals surface area (Å²) in [7, 11) is 0. The summed E-state index contributed by atoms with van der Waals surface area (Å²) in [6, 6.07) is 26.0. The second-order valence-corrected chi connectivity index (χ2v) is 7.97. The molecule has 0 spiro atoms. The maximum atomic E-state index is 10.1. The lowest BCUT2D eigenvalue weighted by molar-refractivity contribution is 0.785. The molecule has 164 valence electrons. The van der Waals surface area contributed by atoms with E-state index >= 15 is 0 Å². The lowest BCUT2D eigenvalue weighted by atomic mass is 9.89. The van der Waals surface area contributed by atoms with Crippen LogP contribution in [0.5, 0.6) is 0 Å². The first-order valence-electron chi connectivity index (χ1n) is 10.8. The first-order chi connectivity index (χ1) is 17.6. The number of nitriles is 6. The van der Waals surface area contributed by atoms with Crippen molar-refractivity contribution in [1.29, 1.82) is 31.6 Å². The fraction of sp³-hybridized carbons (Fsp3) is 0.0667. The molecule has 0 radical (unpaired) electrons. The van der Waals surface area contributed by atoms with Crippen molar-refractivity contribution >= 4 is 16.7 Å². The van der Waals surface area contributed by atoms with Crippen LogP contribution in [0.3, 0.4) is 0 Å². The molecule has 1 saturated carbocycles. The van der Waals surface area contributed by atoms with Crippen LogP contribution in [0.25, 0.3) is 16.7 Å². The highest BCUT2D eigenvalue weighted by atomic mass is 14.4. The Bertz CT molecular complexity index is 1760. The van der Waals surface area contributed by atoms with Crippen LogP contribution in [0, 0.1) is 73.9 Å². The summed E-state index contributed by atoms with van der Waals surface area (Å²) < 4.78 is 0. The summed E-state index contributed by atoms with van der Waals surface area (Å²) in [5.41, 5.74) is 4.60. The van der Waals surface area contributed by atoms with Crippen LogP contribution in [0.1, 0.15) is 17.5 Å². The zero-order valence-corrected chi connectivity index (χ0v) is 18.8. The van der Waals surface area contributed by atoms with E-state index in [4.69, 9.17) is 21.0 Å². The van der Waals surface area contributed by atoms with Gasteiger partial charge in [-0.3, -0.25) is 0 Å². The Kier molecular flexibility index (Phi) is 6.40. The molecule has 0 N–H and O–H groups in total. The molecule has 36 heavy (non-hydrogen) atoms. The monoisotopic (exact) mass is 458 g/mol. The van der Waals surface area contributed by atoms with Gasteiger partial charge in [-0.2, -0.15) is 31.6 Å². The molecule has 0 aliphatic heterocycles. The van der Waals surface area contributed by atoms with Crippen LogP contribution in [0.4, 0.5) is 0 Å². The summed E-state index contributed by atoms with van der Waals surface area (Å²) in [5, 5.41) is 58.0. The van der Waals surface area contributed by atoms with E-state index in [-0.39, 0.29) is 11.5 Å². The third-order valence-corrected chi connectivity index (χ3v) is 6.03. The molecule has 0 amide bonds. The topological polar surface area (TPSA) is 143 Å². The van der Waals surface area contributed by atoms with Crippen LogP contribution < -0.4 is 10.4 Å². The maximum absolute atomic E-state index is 10.1. The summed E-state index contributed by atoms with van der Waals surface area (Å²) in [5.74, 6) is -0.244. The molecule has 1 unspecified atom stereocenters. The molecule has 2 aromatic carbocycles. The Morgan fingerprint density at radius 3 is 1.92 bits per heavy atom. The Hall–Kier alpha value is -5.92. The molecule has 0 heterocycles. The van der Waals surface area contributed by atoms with E-state index in [0.29, 0.717) is 50.6 Å². The predicted octanol–water partition coefficient (Wildman–Crippen LogP) is 3.74. The number of nitrogens with zero attached hydrogens (tertiary/aromatic N) is 6. The van der Waals surface area contributed by atoms with Crippen LogP contribution in [0.15, 0.2) is 89.1 Å². The minimum Gasteiger partial charge on any atom is -0.193 e. The molecule has 2 aromatic rings. The van der Waals surface area contributed by atoms with Gasteiger partial charge in [0.05, 0.1) is 29.3 Å². The molecular weight excluding hydrogens is 444 g/mol. The average Bonchev–Trinajstić information content (AvgIpc) is 3.65. The van der Waals surface area contributed by atoms with Crippen molar-refractivity contribution in [3.8, 4) is 36.4 Å². The Balaban J connectivity index is 1.99. The summed E-state index contributed by atoms with van der Waals surface area (Å²) >= 11 is 0. The second kappa shape index (κ2) is 9.92. The fourth-order valence-corrected chi connectivity index (χ4v) is 4.17. The zero-order chi connectivity index (χ0) is 25.7. The minimum atomic E-state index is -0.244. The first-order valence-corrected chi connectivity index (χ1v) is 10.8. The van der Waals surface area contributed by atoms with Crippen molar-refractivity contribution < 1.29 is 0 Å². The van der Waals surface area contributed by atoms with Crippen molar-refractivity contribution in [1.82, 2.24) is 0 Å². The van der Waals surface area contributed by atoms with Gasteiger partial charge in [0.25, 0.3) is 0 Å². The van der Waals surface area contributed by atoms with Gasteiger partial charge in [-0.15, -0.1) is 0 Å². The SMILES string of the molecule is N#CC1=CCC(/C(C#N)=C2\C(=c3ccc(=C(C#N)C#N)cc3)\C2=C(/C#N)c2ccc(C#N)cc2)C=C1. The summed E-state index contributed by atoms with van der Waals surface area (Å²) in [4.78, 5) is 0. The predicted molar refractivity (Wildman–Crippen MR) is 131 cm³/mol. The van der Waals surface area contributed by atoms with Gasteiger partial charge in [0.15, 0.2) is 0 Å². The normalized spacial score (nSPS) is 18.1. The highest BCUT2D eigenvalue weighted by Gasteiger charge is 2.39. The maximum Gasteiger partial charge on any atom is 0.136 e. The van der Waals surface area contributed by atoms with Gasteiger partial charge in [-0.25, -0.2) is 0 Å². The zero-order valence-electron chi connectivity index (χ0n) is 18.8. The third kappa shape index (κ3) is 4.19. The summed E-state index contributed by atoms with van der Waals surface area (Å²) in [6.45, 7) is 0. The second-order valence-electron chi connectivity index (χ2n) is 7.97. The smallest absolute Gasteiger partial charge is 0.136 e. The number of benzene rings is 2. The molecule has 4 rings (SSSR count). The molecule has 0 bridgehead atoms. The van der Waals surface area contributed by atoms with E-state index in [1.54, 1.807) is 60.7 Å². The van der Waals surface area contributed by atoms with Crippen LogP contribution in [-0.4, -0.2) is 0 Å². The molecular formula is C30H14N6. The van der Waals surface area contributed by atoms with Gasteiger partial charge in [-0.1, -0.05) is 48.6 Å². The first kappa shape index (κ1) is 23.2. The van der Waals surface area contributed by atoms with E-state index in [1.165, 1.54) is 0 Å². The van der Waals surface area contributed by atoms with Gasteiger partial charge in [0.2, 0.25) is 0 Å². The van der Waals surface area contributed by atoms with Gasteiger partial charge < -0.3 is 0 Å². The molecule has 6 nitrogen and oxygen atoms in total. The molecule has 0 aromatic heterocycles. The lowest BCUT2D eigenvalue weighted by Crippen LogP contribution is -2.09. The van der Waals surface area contributed by atoms with Crippen molar-refractivity contribution in [2.75, 3.05) is 0 Å². The average molecular weight is 458 g/mol. The van der Waals surface area contributed by atoms with Crippen LogP contribution >= 0.6 is 0 Å². The van der Waals surface area contributed by atoms with Crippen molar-refractivity contribution in [2.24, 2.45) is 5.92 Å². The van der Waals surface area contributed by atoms with E-state index < -0.39 is 0 Å². The Morgan fingerprint density at radius 2 is 1.42 bits per heavy atom. The lowest BCUT2D eigenvalue weighted by Gasteiger charge is -2.12. The highest BCUT2D eigenvalue weighted by Crippen LogP contribution is 2.53. The van der Waals surface area contributed by atoms with Gasteiger partial charge >= 0.3 is 0 Å². The molecule has 1 fully saturated rings. The highest BCUT2D eigenvalue weighted by molar-refractivity contribution is 6.15. The van der Waals surface area contributed by atoms with Crippen molar-refractivity contribution in [2.45, 2.75) is 6.42 Å². The van der Waals surface area contributed by atoms with Gasteiger partial charge in [0, 0.05) is 33.4 Å². The van der Waals surface area contributed by atoms with Gasteiger partial charge in [0.1, 0.15) is 23.8 Å². The molecule has 6 heteroatoms. The van der Waals surface area contributed by atoms with Crippen LogP contribution in [-0.2, 0) is 0 Å². The largest absolute Gasteiger partial charge is 0.193 e. The van der Waals surface area contributed by atoms with E-state index in [9.17, 15) is 10.5 Å². The molecule has 0 saturated heterocycles. The number of allylic oxidation sites excluding steroid dienone is 8. The van der Waals surface area contributed by atoms with Gasteiger partial charge in [-0.05, 0) is 41.0 Å². The van der Waals surface area contributed by atoms with E-state index in [1.807, 2.05) is 18.2 Å². The Labute approximate surface area is 207 Å². The number of rotatable bonds is 2. The standard InChI is InChI=1S/C30H14N6/c31-13-19-1-5-22(6-2-19)26(17-35)29-28(24-11-9-21(10-12-24)25(15-33)16-34)30(29)27(18-36)23-7-3-20(14-32)4-8-23/h1-7,9-12,23H,8H2/b29-26-,30-27+. The quantitative estimate of drug-likeness (QED) is 0.627. The fourth-order valence-electron chi connectivity index (χ4n) is 4.17. The third-order valence-electron chi connectivity index (χ3n) is 6.03. The number of hydrogen-bond acceptors (Lipinski definition) is 6. The minimum absolute atomic E-state index is 0.00526. The van der Waals surface area contributed by atoms with Crippen LogP contribution in [0.2, 0.25) is 0 Å². The van der Waals surface area contributed by atoms with Crippen molar-refractivity contribution in [3.05, 3.63) is 111 Å².